The van der Waals surface area contributed by atoms with Crippen LogP contribution in [0.5, 0.6) is 5.75 Å². The van der Waals surface area contributed by atoms with Gasteiger partial charge in [-0.05, 0) is 37.6 Å². The van der Waals surface area contributed by atoms with E-state index < -0.39 is 23.8 Å². The normalized spacial score (nSPS) is 11.3. The van der Waals surface area contributed by atoms with Crippen LogP contribution in [0.3, 0.4) is 0 Å². The van der Waals surface area contributed by atoms with Gasteiger partial charge < -0.3 is 14.2 Å². The van der Waals surface area contributed by atoms with Gasteiger partial charge in [-0.1, -0.05) is 36.4 Å². The average Bonchev–Trinajstić information content (AvgIpc) is 2.65. The number of hydrogen-bond donors (Lipinski definition) is 0. The van der Waals surface area contributed by atoms with Gasteiger partial charge in [-0.2, -0.15) is 0 Å². The molecular formula is C20H20O6. The first-order valence-electron chi connectivity index (χ1n) is 8.16. The van der Waals surface area contributed by atoms with Crippen molar-refractivity contribution in [3.05, 3.63) is 65.7 Å². The number of esters is 2. The lowest BCUT2D eigenvalue weighted by Gasteiger charge is -2.14. The third kappa shape index (κ3) is 5.44. The van der Waals surface area contributed by atoms with Crippen LogP contribution >= 0.6 is 0 Å². The molecule has 0 spiro atoms. The number of Topliss-reactive ketones (excluding diaryl/α,β-unsaturated/α-hetero) is 1. The van der Waals surface area contributed by atoms with Gasteiger partial charge in [0.15, 0.2) is 5.78 Å². The summed E-state index contributed by atoms with van der Waals surface area (Å²) in [4.78, 5) is 35.5. The highest BCUT2D eigenvalue weighted by Crippen LogP contribution is 2.17. The third-order valence-corrected chi connectivity index (χ3v) is 3.41. The molecule has 136 valence electrons. The fraction of sp³-hybridized carbons (Fsp3) is 0.250. The van der Waals surface area contributed by atoms with Crippen LogP contribution in [0.2, 0.25) is 0 Å². The van der Waals surface area contributed by atoms with E-state index in [1.54, 1.807) is 19.1 Å². The molecule has 2 rings (SSSR count). The molecule has 1 atom stereocenters. The Kier molecular flexibility index (Phi) is 6.91. The first-order valence-corrected chi connectivity index (χ1v) is 8.16. The van der Waals surface area contributed by atoms with Crippen LogP contribution in [-0.2, 0) is 25.7 Å². The zero-order valence-corrected chi connectivity index (χ0v) is 14.6. The van der Waals surface area contributed by atoms with Crippen molar-refractivity contribution in [1.82, 2.24) is 0 Å². The van der Waals surface area contributed by atoms with E-state index in [1.807, 2.05) is 30.3 Å². The lowest BCUT2D eigenvalue weighted by Crippen LogP contribution is -2.35. The van der Waals surface area contributed by atoms with E-state index in [0.717, 1.165) is 12.5 Å². The Labute approximate surface area is 151 Å². The molecule has 2 aromatic rings. The minimum Gasteiger partial charge on any atom is -0.489 e. The van der Waals surface area contributed by atoms with E-state index in [1.165, 1.54) is 12.1 Å². The molecule has 6 nitrogen and oxygen atoms in total. The number of carbonyl (C=O) groups excluding carboxylic acids is 3. The van der Waals surface area contributed by atoms with Crippen molar-refractivity contribution in [2.45, 2.75) is 26.6 Å². The number of benzene rings is 2. The molecule has 0 bridgehead atoms. The van der Waals surface area contributed by atoms with E-state index in [4.69, 9.17) is 14.2 Å². The van der Waals surface area contributed by atoms with Gasteiger partial charge in [0.05, 0.1) is 12.2 Å². The van der Waals surface area contributed by atoms with Crippen LogP contribution in [0.25, 0.3) is 0 Å². The summed E-state index contributed by atoms with van der Waals surface area (Å²) in [6.45, 7) is 3.19. The van der Waals surface area contributed by atoms with Crippen LogP contribution in [0.1, 0.15) is 29.8 Å². The molecule has 0 saturated carbocycles. The maximum absolute atomic E-state index is 12.3. The van der Waals surface area contributed by atoms with Gasteiger partial charge in [0, 0.05) is 0 Å². The molecule has 0 aromatic heterocycles. The highest BCUT2D eigenvalue weighted by molar-refractivity contribution is 6.04. The van der Waals surface area contributed by atoms with Gasteiger partial charge in [0.25, 0.3) is 6.10 Å². The van der Waals surface area contributed by atoms with Crippen LogP contribution in [0.15, 0.2) is 54.6 Å². The minimum atomic E-state index is -1.57. The van der Waals surface area contributed by atoms with Gasteiger partial charge in [0.2, 0.25) is 0 Å². The molecule has 0 fully saturated rings. The van der Waals surface area contributed by atoms with Gasteiger partial charge in [-0.3, -0.25) is 4.79 Å². The molecule has 0 aliphatic rings. The fourth-order valence-electron chi connectivity index (χ4n) is 2.14. The molecule has 1 unspecified atom stereocenters. The molecular weight excluding hydrogens is 336 g/mol. The monoisotopic (exact) mass is 356 g/mol. The molecule has 0 radical (unpaired) electrons. The summed E-state index contributed by atoms with van der Waals surface area (Å²) in [6, 6.07) is 15.9. The number of ether oxygens (including phenoxy) is 3. The Morgan fingerprint density at radius 2 is 1.73 bits per heavy atom. The van der Waals surface area contributed by atoms with Crippen LogP contribution < -0.4 is 4.74 Å². The van der Waals surface area contributed by atoms with Gasteiger partial charge >= 0.3 is 11.9 Å². The topological polar surface area (TPSA) is 78.9 Å². The Balaban J connectivity index is 2.04. The van der Waals surface area contributed by atoms with E-state index in [9.17, 15) is 14.4 Å². The second kappa shape index (κ2) is 9.36. The summed E-state index contributed by atoms with van der Waals surface area (Å²) in [5, 5.41) is 0. The van der Waals surface area contributed by atoms with E-state index in [2.05, 4.69) is 0 Å². The van der Waals surface area contributed by atoms with Crippen molar-refractivity contribution in [2.24, 2.45) is 0 Å². The van der Waals surface area contributed by atoms with Gasteiger partial charge in [-0.15, -0.1) is 0 Å². The third-order valence-electron chi connectivity index (χ3n) is 3.41. The van der Waals surface area contributed by atoms with E-state index in [0.29, 0.717) is 12.4 Å². The van der Waals surface area contributed by atoms with Gasteiger partial charge in [-0.25, -0.2) is 9.59 Å². The highest BCUT2D eigenvalue weighted by Gasteiger charge is 2.29. The average molecular weight is 356 g/mol. The standard InChI is InChI=1S/C20H20O6/c1-3-24-20(23)18(14(2)21)26-19(22)16-10-7-11-17(12-16)25-13-15-8-5-4-6-9-15/h4-12,18H,3,13H2,1-2H3. The molecule has 2 aromatic carbocycles. The lowest BCUT2D eigenvalue weighted by molar-refractivity contribution is -0.157. The quantitative estimate of drug-likeness (QED) is 0.534. The Bertz CT molecular complexity index is 769. The van der Waals surface area contributed by atoms with Crippen LogP contribution in [0, 0.1) is 0 Å². The Morgan fingerprint density at radius 3 is 2.38 bits per heavy atom. The highest BCUT2D eigenvalue weighted by atomic mass is 16.6. The summed E-state index contributed by atoms with van der Waals surface area (Å²) in [6.07, 6.45) is -1.57. The Morgan fingerprint density at radius 1 is 1.00 bits per heavy atom. The first kappa shape index (κ1) is 19.2. The largest absolute Gasteiger partial charge is 0.489 e. The zero-order chi connectivity index (χ0) is 18.9. The van der Waals surface area contributed by atoms with Crippen LogP contribution in [0.4, 0.5) is 0 Å². The first-order chi connectivity index (χ1) is 12.5. The molecule has 0 heterocycles. The van der Waals surface area contributed by atoms with Gasteiger partial charge in [0.1, 0.15) is 12.4 Å². The van der Waals surface area contributed by atoms with Crippen LogP contribution in [-0.4, -0.2) is 30.4 Å². The lowest BCUT2D eigenvalue weighted by atomic mass is 10.2. The summed E-state index contributed by atoms with van der Waals surface area (Å²) in [5.74, 6) is -1.82. The molecule has 0 saturated heterocycles. The predicted molar refractivity (Wildman–Crippen MR) is 93.7 cm³/mol. The molecule has 0 aliphatic carbocycles. The maximum atomic E-state index is 12.3. The summed E-state index contributed by atoms with van der Waals surface area (Å²) >= 11 is 0. The SMILES string of the molecule is CCOC(=O)C(OC(=O)c1cccc(OCc2ccccc2)c1)C(C)=O. The molecule has 26 heavy (non-hydrogen) atoms. The maximum Gasteiger partial charge on any atom is 0.355 e. The summed E-state index contributed by atoms with van der Waals surface area (Å²) in [7, 11) is 0. The van der Waals surface area contributed by atoms with Crippen molar-refractivity contribution >= 4 is 17.7 Å². The second-order valence-corrected chi connectivity index (χ2v) is 5.45. The Hall–Kier alpha value is -3.15. The minimum absolute atomic E-state index is 0.0863. The van der Waals surface area contributed by atoms with Crippen molar-refractivity contribution in [2.75, 3.05) is 6.61 Å². The van der Waals surface area contributed by atoms with Crippen molar-refractivity contribution in [1.29, 1.82) is 0 Å². The predicted octanol–water partition coefficient (Wildman–Crippen LogP) is 2.94. The van der Waals surface area contributed by atoms with E-state index in [-0.39, 0.29) is 12.2 Å². The molecule has 0 amide bonds. The van der Waals surface area contributed by atoms with Crippen molar-refractivity contribution in [3.8, 4) is 5.75 Å². The number of rotatable bonds is 8. The van der Waals surface area contributed by atoms with Crippen molar-refractivity contribution < 1.29 is 28.6 Å². The zero-order valence-electron chi connectivity index (χ0n) is 14.6. The van der Waals surface area contributed by atoms with Crippen molar-refractivity contribution in [3.63, 3.8) is 0 Å². The molecule has 6 heteroatoms. The molecule has 0 N–H and O–H groups in total. The fourth-order valence-corrected chi connectivity index (χ4v) is 2.14. The summed E-state index contributed by atoms with van der Waals surface area (Å²) < 4.78 is 15.4. The number of hydrogen-bond acceptors (Lipinski definition) is 6. The number of ketones is 1. The summed E-state index contributed by atoms with van der Waals surface area (Å²) in [5.41, 5.74) is 1.16. The smallest absolute Gasteiger partial charge is 0.355 e. The van der Waals surface area contributed by atoms with E-state index >= 15 is 0 Å². The second-order valence-electron chi connectivity index (χ2n) is 5.45. The molecule has 0 aliphatic heterocycles. The number of carbonyl (C=O) groups is 3.